The number of hydrogen-bond acceptors (Lipinski definition) is 4. The summed E-state index contributed by atoms with van der Waals surface area (Å²) in [6, 6.07) is 16.7. The highest BCUT2D eigenvalue weighted by atomic mass is 16.6. The fourth-order valence-corrected chi connectivity index (χ4v) is 3.17. The maximum Gasteiger partial charge on any atom is 0.294 e. The number of para-hydroxylation sites is 2. The van der Waals surface area contributed by atoms with E-state index in [0.717, 1.165) is 42.0 Å². The highest BCUT2D eigenvalue weighted by Gasteiger charge is 2.25. The molecule has 0 saturated carbocycles. The van der Waals surface area contributed by atoms with Gasteiger partial charge in [-0.3, -0.25) is 10.1 Å². The molecule has 6 nitrogen and oxygen atoms in total. The van der Waals surface area contributed by atoms with E-state index in [1.807, 2.05) is 30.3 Å². The number of nitro groups is 1. The van der Waals surface area contributed by atoms with Crippen LogP contribution in [-0.4, -0.2) is 21.2 Å². The van der Waals surface area contributed by atoms with Crippen LogP contribution in [0.15, 0.2) is 54.6 Å². The lowest BCUT2D eigenvalue weighted by molar-refractivity contribution is -0.384. The zero-order valence-corrected chi connectivity index (χ0v) is 13.0. The summed E-state index contributed by atoms with van der Waals surface area (Å²) in [5, 5.41) is 19.5. The number of benzene rings is 2. The summed E-state index contributed by atoms with van der Waals surface area (Å²) < 4.78 is 1.75. The molecule has 0 bridgehead atoms. The molecule has 2 aromatic carbocycles. The third kappa shape index (κ3) is 2.37. The van der Waals surface area contributed by atoms with Crippen molar-refractivity contribution in [3.8, 4) is 16.9 Å². The van der Waals surface area contributed by atoms with E-state index in [1.54, 1.807) is 22.9 Å². The van der Waals surface area contributed by atoms with Crippen molar-refractivity contribution in [1.82, 2.24) is 15.1 Å². The molecule has 120 valence electrons. The summed E-state index contributed by atoms with van der Waals surface area (Å²) >= 11 is 0. The quantitative estimate of drug-likeness (QED) is 0.594. The molecule has 0 saturated heterocycles. The SMILES string of the molecule is O=[N+]([O-])c1ccccc1-n1nc(-c2ccccc2)c2c1CCNC2. The van der Waals surface area contributed by atoms with Crippen molar-refractivity contribution >= 4 is 5.69 Å². The first-order valence-corrected chi connectivity index (χ1v) is 7.86. The standard InChI is InChI=1S/C18H16N4O2/c23-22(24)17-9-5-4-8-16(17)21-15-10-11-19-12-14(15)18(20-21)13-6-2-1-3-7-13/h1-9,19H,10-12H2. The van der Waals surface area contributed by atoms with Gasteiger partial charge in [0.05, 0.1) is 16.3 Å². The average Bonchev–Trinajstić information content (AvgIpc) is 3.02. The number of nitro benzene ring substituents is 1. The second-order valence-electron chi connectivity index (χ2n) is 5.72. The molecule has 3 aromatic rings. The van der Waals surface area contributed by atoms with Crippen molar-refractivity contribution in [3.63, 3.8) is 0 Å². The van der Waals surface area contributed by atoms with E-state index in [1.165, 1.54) is 6.07 Å². The molecule has 0 fully saturated rings. The molecule has 24 heavy (non-hydrogen) atoms. The number of rotatable bonds is 3. The van der Waals surface area contributed by atoms with Crippen LogP contribution in [0, 0.1) is 10.1 Å². The molecule has 0 atom stereocenters. The van der Waals surface area contributed by atoms with Gasteiger partial charge in [-0.1, -0.05) is 42.5 Å². The van der Waals surface area contributed by atoms with Gasteiger partial charge >= 0.3 is 0 Å². The Kier molecular flexibility index (Phi) is 3.59. The molecule has 1 N–H and O–H groups in total. The van der Waals surface area contributed by atoms with Crippen LogP contribution in [0.25, 0.3) is 16.9 Å². The molecule has 0 spiro atoms. The van der Waals surface area contributed by atoms with Gasteiger partial charge < -0.3 is 5.32 Å². The van der Waals surface area contributed by atoms with Crippen LogP contribution < -0.4 is 5.32 Å². The molecule has 2 heterocycles. The first-order valence-electron chi connectivity index (χ1n) is 7.86. The maximum atomic E-state index is 11.4. The van der Waals surface area contributed by atoms with Gasteiger partial charge in [-0.05, 0) is 6.07 Å². The van der Waals surface area contributed by atoms with Gasteiger partial charge in [0, 0.05) is 36.7 Å². The average molecular weight is 320 g/mol. The molecular weight excluding hydrogens is 304 g/mol. The van der Waals surface area contributed by atoms with Crippen LogP contribution in [0.4, 0.5) is 5.69 Å². The summed E-state index contributed by atoms with van der Waals surface area (Å²) in [4.78, 5) is 11.0. The molecule has 1 aliphatic rings. The summed E-state index contributed by atoms with van der Waals surface area (Å²) in [5.74, 6) is 0. The lowest BCUT2D eigenvalue weighted by Crippen LogP contribution is -2.24. The molecule has 0 aliphatic carbocycles. The normalized spacial score (nSPS) is 13.5. The Hall–Kier alpha value is -2.99. The van der Waals surface area contributed by atoms with E-state index >= 15 is 0 Å². The van der Waals surface area contributed by atoms with Gasteiger partial charge in [-0.2, -0.15) is 5.10 Å². The van der Waals surface area contributed by atoms with Crippen molar-refractivity contribution < 1.29 is 4.92 Å². The third-order valence-electron chi connectivity index (χ3n) is 4.28. The van der Waals surface area contributed by atoms with Gasteiger partial charge in [0.25, 0.3) is 5.69 Å². The Morgan fingerprint density at radius 3 is 2.62 bits per heavy atom. The minimum absolute atomic E-state index is 0.0703. The molecule has 1 aromatic heterocycles. The van der Waals surface area contributed by atoms with E-state index < -0.39 is 0 Å². The number of nitrogens with zero attached hydrogens (tertiary/aromatic N) is 3. The Labute approximate surface area is 138 Å². The molecule has 4 rings (SSSR count). The second kappa shape index (κ2) is 5.90. The van der Waals surface area contributed by atoms with Crippen LogP contribution in [0.1, 0.15) is 11.3 Å². The van der Waals surface area contributed by atoms with Crippen molar-refractivity contribution in [2.45, 2.75) is 13.0 Å². The molecule has 0 radical (unpaired) electrons. The first-order chi connectivity index (χ1) is 11.8. The summed E-state index contributed by atoms with van der Waals surface area (Å²) in [5.41, 5.74) is 4.65. The Bertz CT molecular complexity index is 903. The molecule has 0 amide bonds. The maximum absolute atomic E-state index is 11.4. The zero-order valence-electron chi connectivity index (χ0n) is 13.0. The Balaban J connectivity index is 1.95. The summed E-state index contributed by atoms with van der Waals surface area (Å²) in [7, 11) is 0. The smallest absolute Gasteiger partial charge is 0.294 e. The fraction of sp³-hybridized carbons (Fsp3) is 0.167. The summed E-state index contributed by atoms with van der Waals surface area (Å²) in [6.07, 6.45) is 0.793. The zero-order chi connectivity index (χ0) is 16.5. The number of fused-ring (bicyclic) bond motifs is 1. The number of hydrogen-bond donors (Lipinski definition) is 1. The highest BCUT2D eigenvalue weighted by molar-refractivity contribution is 5.66. The van der Waals surface area contributed by atoms with Crippen LogP contribution in [-0.2, 0) is 13.0 Å². The van der Waals surface area contributed by atoms with Crippen LogP contribution >= 0.6 is 0 Å². The third-order valence-corrected chi connectivity index (χ3v) is 4.28. The van der Waals surface area contributed by atoms with Crippen LogP contribution in [0.3, 0.4) is 0 Å². The van der Waals surface area contributed by atoms with E-state index in [2.05, 4.69) is 5.32 Å². The van der Waals surface area contributed by atoms with Gasteiger partial charge in [-0.25, -0.2) is 4.68 Å². The number of nitrogens with one attached hydrogen (secondary N) is 1. The largest absolute Gasteiger partial charge is 0.312 e. The van der Waals surface area contributed by atoms with Gasteiger partial charge in [0.15, 0.2) is 0 Å². The van der Waals surface area contributed by atoms with E-state index in [0.29, 0.717) is 5.69 Å². The van der Waals surface area contributed by atoms with Crippen LogP contribution in [0.2, 0.25) is 0 Å². The predicted molar refractivity (Wildman–Crippen MR) is 91.1 cm³/mol. The first kappa shape index (κ1) is 14.6. The van der Waals surface area contributed by atoms with Crippen molar-refractivity contribution in [1.29, 1.82) is 0 Å². The second-order valence-corrected chi connectivity index (χ2v) is 5.72. The predicted octanol–water partition coefficient (Wildman–Crippen LogP) is 3.09. The van der Waals surface area contributed by atoms with Gasteiger partial charge in [-0.15, -0.1) is 0 Å². The van der Waals surface area contributed by atoms with Gasteiger partial charge in [0.1, 0.15) is 5.69 Å². The molecule has 0 unspecified atom stereocenters. The minimum atomic E-state index is -0.354. The van der Waals surface area contributed by atoms with Crippen molar-refractivity contribution in [3.05, 3.63) is 76.0 Å². The van der Waals surface area contributed by atoms with Crippen molar-refractivity contribution in [2.24, 2.45) is 0 Å². The number of aromatic nitrogens is 2. The Morgan fingerprint density at radius 2 is 1.83 bits per heavy atom. The highest BCUT2D eigenvalue weighted by Crippen LogP contribution is 2.32. The lowest BCUT2D eigenvalue weighted by atomic mass is 10.0. The van der Waals surface area contributed by atoms with E-state index in [9.17, 15) is 10.1 Å². The van der Waals surface area contributed by atoms with E-state index in [4.69, 9.17) is 5.10 Å². The summed E-state index contributed by atoms with van der Waals surface area (Å²) in [6.45, 7) is 1.56. The Morgan fingerprint density at radius 1 is 1.08 bits per heavy atom. The molecular formula is C18H16N4O2. The topological polar surface area (TPSA) is 73.0 Å². The van der Waals surface area contributed by atoms with Crippen molar-refractivity contribution in [2.75, 3.05) is 6.54 Å². The fourth-order valence-electron chi connectivity index (χ4n) is 3.17. The molecule has 1 aliphatic heterocycles. The van der Waals surface area contributed by atoms with Gasteiger partial charge in [0.2, 0.25) is 0 Å². The van der Waals surface area contributed by atoms with Crippen LogP contribution in [0.5, 0.6) is 0 Å². The van der Waals surface area contributed by atoms with E-state index in [-0.39, 0.29) is 10.6 Å². The lowest BCUT2D eigenvalue weighted by Gasteiger charge is -2.15. The monoisotopic (exact) mass is 320 g/mol. The molecule has 6 heteroatoms. The minimum Gasteiger partial charge on any atom is -0.312 e.